The van der Waals surface area contributed by atoms with Crippen LogP contribution in [0.25, 0.3) is 0 Å². The van der Waals surface area contributed by atoms with E-state index in [9.17, 15) is 8.42 Å². The Hall–Kier alpha value is -0.780. The predicted molar refractivity (Wildman–Crippen MR) is 61.6 cm³/mol. The van der Waals surface area contributed by atoms with E-state index in [0.717, 1.165) is 25.9 Å². The van der Waals surface area contributed by atoms with Gasteiger partial charge in [-0.05, 0) is 19.3 Å². The molecule has 2 N–H and O–H groups in total. The Bertz CT molecular complexity index is 318. The zero-order valence-corrected chi connectivity index (χ0v) is 9.96. The third-order valence-electron chi connectivity index (χ3n) is 2.42. The summed E-state index contributed by atoms with van der Waals surface area (Å²) in [7, 11) is -2.93. The highest BCUT2D eigenvalue weighted by molar-refractivity contribution is 7.90. The predicted octanol–water partition coefficient (Wildman–Crippen LogP) is -0.168. The lowest BCUT2D eigenvalue weighted by molar-refractivity contribution is 0.338. The fourth-order valence-electron chi connectivity index (χ4n) is 1.55. The topological polar surface area (TPSA) is 75.8 Å². The average molecular weight is 233 g/mol. The number of guanidine groups is 1. The zero-order chi connectivity index (χ0) is 11.3. The highest BCUT2D eigenvalue weighted by Gasteiger charge is 2.11. The molecule has 1 aliphatic heterocycles. The van der Waals surface area contributed by atoms with Crippen molar-refractivity contribution in [3.05, 3.63) is 0 Å². The maximum Gasteiger partial charge on any atom is 0.191 e. The van der Waals surface area contributed by atoms with Gasteiger partial charge in [0.25, 0.3) is 0 Å². The maximum absolute atomic E-state index is 10.9. The number of hydrogen-bond donors (Lipinski definition) is 1. The second-order valence-electron chi connectivity index (χ2n) is 3.92. The van der Waals surface area contributed by atoms with Gasteiger partial charge in [-0.2, -0.15) is 0 Å². The Morgan fingerprint density at radius 1 is 1.33 bits per heavy atom. The summed E-state index contributed by atoms with van der Waals surface area (Å²) in [5, 5.41) is 0. The van der Waals surface area contributed by atoms with Crippen LogP contribution < -0.4 is 5.73 Å². The molecule has 1 heterocycles. The summed E-state index contributed by atoms with van der Waals surface area (Å²) >= 11 is 0. The Kier molecular flexibility index (Phi) is 4.38. The van der Waals surface area contributed by atoms with E-state index >= 15 is 0 Å². The molecule has 0 aromatic rings. The minimum Gasteiger partial charge on any atom is -0.370 e. The molecular weight excluding hydrogens is 214 g/mol. The summed E-state index contributed by atoms with van der Waals surface area (Å²) in [6, 6.07) is 0. The van der Waals surface area contributed by atoms with Crippen LogP contribution in [0.3, 0.4) is 0 Å². The average Bonchev–Trinajstić information content (AvgIpc) is 2.17. The molecule has 5 nitrogen and oxygen atoms in total. The molecule has 1 saturated heterocycles. The van der Waals surface area contributed by atoms with Gasteiger partial charge in [0.2, 0.25) is 0 Å². The second-order valence-corrected chi connectivity index (χ2v) is 6.18. The normalized spacial score (nSPS) is 19.3. The molecule has 1 aliphatic rings. The summed E-state index contributed by atoms with van der Waals surface area (Å²) in [5.41, 5.74) is 5.76. The SMILES string of the molecule is CS(=O)(=O)CCN=C(N)N1CCCCC1. The highest BCUT2D eigenvalue weighted by Crippen LogP contribution is 2.07. The first-order chi connectivity index (χ1) is 6.99. The van der Waals surface area contributed by atoms with Crippen LogP contribution in [-0.4, -0.2) is 50.9 Å². The summed E-state index contributed by atoms with van der Waals surface area (Å²) in [6.45, 7) is 2.14. The molecule has 0 bridgehead atoms. The van der Waals surface area contributed by atoms with Gasteiger partial charge in [-0.25, -0.2) is 8.42 Å². The van der Waals surface area contributed by atoms with E-state index in [1.54, 1.807) is 0 Å². The van der Waals surface area contributed by atoms with Crippen molar-refractivity contribution in [2.45, 2.75) is 19.3 Å². The number of hydrogen-bond acceptors (Lipinski definition) is 3. The van der Waals surface area contributed by atoms with Crippen molar-refractivity contribution in [3.8, 4) is 0 Å². The molecule has 0 aliphatic carbocycles. The first-order valence-corrected chi connectivity index (χ1v) is 7.28. The lowest BCUT2D eigenvalue weighted by Crippen LogP contribution is -2.41. The van der Waals surface area contributed by atoms with Gasteiger partial charge in [-0.15, -0.1) is 0 Å². The lowest BCUT2D eigenvalue weighted by atomic mass is 10.1. The van der Waals surface area contributed by atoms with Crippen molar-refractivity contribution in [3.63, 3.8) is 0 Å². The lowest BCUT2D eigenvalue weighted by Gasteiger charge is -2.27. The van der Waals surface area contributed by atoms with E-state index in [-0.39, 0.29) is 12.3 Å². The van der Waals surface area contributed by atoms with Crippen molar-refractivity contribution in [2.24, 2.45) is 10.7 Å². The van der Waals surface area contributed by atoms with Crippen molar-refractivity contribution < 1.29 is 8.42 Å². The number of rotatable bonds is 3. The monoisotopic (exact) mass is 233 g/mol. The third kappa shape index (κ3) is 5.01. The molecule has 0 unspecified atom stereocenters. The van der Waals surface area contributed by atoms with E-state index < -0.39 is 9.84 Å². The van der Waals surface area contributed by atoms with Gasteiger partial charge in [0.05, 0.1) is 12.3 Å². The van der Waals surface area contributed by atoms with Crippen LogP contribution in [-0.2, 0) is 9.84 Å². The van der Waals surface area contributed by atoms with E-state index in [4.69, 9.17) is 5.73 Å². The first-order valence-electron chi connectivity index (χ1n) is 5.21. The molecule has 0 saturated carbocycles. The van der Waals surface area contributed by atoms with Gasteiger partial charge >= 0.3 is 0 Å². The van der Waals surface area contributed by atoms with Gasteiger partial charge in [0.15, 0.2) is 5.96 Å². The van der Waals surface area contributed by atoms with E-state index in [1.165, 1.54) is 12.7 Å². The third-order valence-corrected chi connectivity index (χ3v) is 3.34. The molecule has 1 fully saturated rings. The number of nitrogens with two attached hydrogens (primary N) is 1. The number of aliphatic imine (C=N–C) groups is 1. The number of nitrogens with zero attached hydrogens (tertiary/aromatic N) is 2. The van der Waals surface area contributed by atoms with Crippen molar-refractivity contribution in [2.75, 3.05) is 31.6 Å². The molecule has 0 radical (unpaired) electrons. The summed E-state index contributed by atoms with van der Waals surface area (Å²) in [6.07, 6.45) is 4.73. The minimum atomic E-state index is -2.93. The van der Waals surface area contributed by atoms with E-state index in [2.05, 4.69) is 4.99 Å². The number of likely N-dealkylation sites (tertiary alicyclic amines) is 1. The summed E-state index contributed by atoms with van der Waals surface area (Å²) in [4.78, 5) is 6.09. The van der Waals surface area contributed by atoms with Crippen LogP contribution >= 0.6 is 0 Å². The van der Waals surface area contributed by atoms with Gasteiger partial charge < -0.3 is 10.6 Å². The molecule has 0 spiro atoms. The summed E-state index contributed by atoms with van der Waals surface area (Å²) in [5.74, 6) is 0.556. The second kappa shape index (κ2) is 5.34. The van der Waals surface area contributed by atoms with Crippen LogP contribution in [0.1, 0.15) is 19.3 Å². The molecule has 0 aromatic carbocycles. The molecule has 0 amide bonds. The molecule has 88 valence electrons. The largest absolute Gasteiger partial charge is 0.370 e. The molecule has 6 heteroatoms. The zero-order valence-electron chi connectivity index (χ0n) is 9.15. The Balaban J connectivity index is 2.38. The van der Waals surface area contributed by atoms with Crippen LogP contribution in [0.4, 0.5) is 0 Å². The van der Waals surface area contributed by atoms with Crippen molar-refractivity contribution in [1.82, 2.24) is 4.90 Å². The molecule has 0 aromatic heterocycles. The standard InChI is InChI=1S/C9H19N3O2S/c1-15(13,14)8-5-11-9(10)12-6-3-2-4-7-12/h2-8H2,1H3,(H2,10,11). The van der Waals surface area contributed by atoms with Gasteiger partial charge in [-0.1, -0.05) is 0 Å². The molecule has 0 atom stereocenters. The highest BCUT2D eigenvalue weighted by atomic mass is 32.2. The van der Waals surface area contributed by atoms with Crippen LogP contribution in [0.5, 0.6) is 0 Å². The van der Waals surface area contributed by atoms with Crippen LogP contribution in [0.15, 0.2) is 4.99 Å². The van der Waals surface area contributed by atoms with Crippen molar-refractivity contribution >= 4 is 15.8 Å². The smallest absolute Gasteiger partial charge is 0.191 e. The Morgan fingerprint density at radius 3 is 2.47 bits per heavy atom. The maximum atomic E-state index is 10.9. The Morgan fingerprint density at radius 2 is 1.93 bits per heavy atom. The fraction of sp³-hybridized carbons (Fsp3) is 0.889. The molecule has 1 rings (SSSR count). The van der Waals surface area contributed by atoms with E-state index in [0.29, 0.717) is 5.96 Å². The number of piperidine rings is 1. The van der Waals surface area contributed by atoms with Crippen molar-refractivity contribution in [1.29, 1.82) is 0 Å². The first kappa shape index (κ1) is 12.3. The Labute approximate surface area is 91.3 Å². The van der Waals surface area contributed by atoms with E-state index in [1.807, 2.05) is 4.90 Å². The minimum absolute atomic E-state index is 0.0710. The van der Waals surface area contributed by atoms with Crippen LogP contribution in [0, 0.1) is 0 Å². The molecular formula is C9H19N3O2S. The van der Waals surface area contributed by atoms with Gasteiger partial charge in [0.1, 0.15) is 9.84 Å². The van der Waals surface area contributed by atoms with Gasteiger partial charge in [-0.3, -0.25) is 4.99 Å². The van der Waals surface area contributed by atoms with Gasteiger partial charge in [0, 0.05) is 19.3 Å². The fourth-order valence-corrected chi connectivity index (χ4v) is 1.97. The van der Waals surface area contributed by atoms with Crippen LogP contribution in [0.2, 0.25) is 0 Å². The quantitative estimate of drug-likeness (QED) is 0.542. The summed E-state index contributed by atoms with van der Waals surface area (Å²) < 4.78 is 21.7. The number of sulfone groups is 1. The molecule has 15 heavy (non-hydrogen) atoms.